The van der Waals surface area contributed by atoms with Crippen LogP contribution < -0.4 is 0 Å². The minimum absolute atomic E-state index is 0.0879. The molecule has 8 heteroatoms. The Morgan fingerprint density at radius 1 is 1.12 bits per heavy atom. The average Bonchev–Trinajstić information content (AvgIpc) is 3.06. The zero-order valence-electron chi connectivity index (χ0n) is 14.3. The number of hydrogen-bond donors (Lipinski definition) is 0. The van der Waals surface area contributed by atoms with Crippen molar-refractivity contribution < 1.29 is 33.4 Å². The highest BCUT2D eigenvalue weighted by atomic mass is 16.7. The van der Waals surface area contributed by atoms with Crippen molar-refractivity contribution in [3.63, 3.8) is 0 Å². The molecule has 1 aromatic carbocycles. The maximum absolute atomic E-state index is 12.6. The van der Waals surface area contributed by atoms with Gasteiger partial charge in [0.05, 0.1) is 18.2 Å². The van der Waals surface area contributed by atoms with Crippen LogP contribution in [-0.4, -0.2) is 42.1 Å². The smallest absolute Gasteiger partial charge is 0.358 e. The molecule has 0 aromatic heterocycles. The summed E-state index contributed by atoms with van der Waals surface area (Å²) in [7, 11) is 1.12. The Balaban J connectivity index is 2.00. The monoisotopic (exact) mass is 357 g/mol. The summed E-state index contributed by atoms with van der Waals surface area (Å²) in [5.41, 5.74) is 0.334. The molecule has 134 valence electrons. The van der Waals surface area contributed by atoms with Gasteiger partial charge in [0, 0.05) is 11.6 Å². The van der Waals surface area contributed by atoms with Gasteiger partial charge in [0.2, 0.25) is 0 Å². The van der Waals surface area contributed by atoms with E-state index >= 15 is 0 Å². The van der Waals surface area contributed by atoms with Gasteiger partial charge in [-0.3, -0.25) is 9.59 Å². The summed E-state index contributed by atoms with van der Waals surface area (Å²) in [6.45, 7) is 2.93. The van der Waals surface area contributed by atoms with Crippen molar-refractivity contribution in [1.82, 2.24) is 4.90 Å². The molecule has 0 saturated carbocycles. The van der Waals surface area contributed by atoms with E-state index in [1.54, 1.807) is 19.1 Å². The maximum atomic E-state index is 12.6. The van der Waals surface area contributed by atoms with Gasteiger partial charge in [0.25, 0.3) is 18.1 Å². The number of hydrogen-bond acceptors (Lipinski definition) is 7. The van der Waals surface area contributed by atoms with Crippen LogP contribution in [0.1, 0.15) is 34.6 Å². The number of rotatable bonds is 4. The van der Waals surface area contributed by atoms with Crippen LogP contribution in [0.5, 0.6) is 0 Å². The first-order chi connectivity index (χ1) is 12.3. The van der Waals surface area contributed by atoms with Gasteiger partial charge in [-0.25, -0.2) is 14.5 Å². The third kappa shape index (κ3) is 2.75. The van der Waals surface area contributed by atoms with Crippen molar-refractivity contribution in [2.24, 2.45) is 0 Å². The molecular formula is C18H15NO7. The van der Waals surface area contributed by atoms with Crippen LogP contribution >= 0.6 is 0 Å². The Bertz CT molecular complexity index is 862. The largest absolute Gasteiger partial charge is 0.464 e. The zero-order valence-corrected chi connectivity index (χ0v) is 14.3. The van der Waals surface area contributed by atoms with Crippen LogP contribution in [0, 0.1) is 0 Å². The first-order valence-electron chi connectivity index (χ1n) is 7.68. The van der Waals surface area contributed by atoms with Gasteiger partial charge in [0.15, 0.2) is 5.70 Å². The molecule has 0 saturated heterocycles. The number of cyclic esters (lactones) is 1. The van der Waals surface area contributed by atoms with Crippen molar-refractivity contribution in [3.05, 3.63) is 58.5 Å². The molecule has 1 atom stereocenters. The van der Waals surface area contributed by atoms with Crippen molar-refractivity contribution in [2.45, 2.75) is 20.1 Å². The second kappa shape index (κ2) is 6.47. The molecule has 26 heavy (non-hydrogen) atoms. The number of methoxy groups -OCH3 is 1. The molecule has 2 amide bonds. The van der Waals surface area contributed by atoms with E-state index in [0.29, 0.717) is 10.5 Å². The van der Waals surface area contributed by atoms with E-state index in [4.69, 9.17) is 14.2 Å². The van der Waals surface area contributed by atoms with E-state index in [0.717, 1.165) is 7.11 Å². The minimum Gasteiger partial charge on any atom is -0.464 e. The molecule has 0 N–H and O–H groups in total. The van der Waals surface area contributed by atoms with E-state index in [2.05, 4.69) is 0 Å². The summed E-state index contributed by atoms with van der Waals surface area (Å²) in [6.07, 6.45) is 0.362. The summed E-state index contributed by atoms with van der Waals surface area (Å²) in [5, 5.41) is 0. The molecule has 2 heterocycles. The van der Waals surface area contributed by atoms with Gasteiger partial charge in [-0.2, -0.15) is 0 Å². The SMILES string of the molecule is COC(=O)C(=C(C)OC1C=C(C)C(=O)O1)N1C(=O)c2ccccc2C1=O. The lowest BCUT2D eigenvalue weighted by Crippen LogP contribution is -2.35. The molecule has 1 aromatic rings. The third-order valence-corrected chi connectivity index (χ3v) is 3.95. The number of carbonyl (C=O) groups is 4. The lowest BCUT2D eigenvalue weighted by atomic mass is 10.1. The first kappa shape index (κ1) is 17.4. The lowest BCUT2D eigenvalue weighted by Gasteiger charge is -2.20. The van der Waals surface area contributed by atoms with Crippen molar-refractivity contribution in [2.75, 3.05) is 7.11 Å². The highest BCUT2D eigenvalue weighted by molar-refractivity contribution is 6.24. The van der Waals surface area contributed by atoms with Crippen LogP contribution in [0.3, 0.4) is 0 Å². The lowest BCUT2D eigenvalue weighted by molar-refractivity contribution is -0.154. The Kier molecular flexibility index (Phi) is 4.33. The van der Waals surface area contributed by atoms with Gasteiger partial charge in [0.1, 0.15) is 5.76 Å². The molecule has 0 aliphatic carbocycles. The quantitative estimate of drug-likeness (QED) is 0.349. The number of fused-ring (bicyclic) bond motifs is 1. The fraction of sp³-hybridized carbons (Fsp3) is 0.222. The van der Waals surface area contributed by atoms with Gasteiger partial charge in [-0.1, -0.05) is 12.1 Å². The van der Waals surface area contributed by atoms with E-state index < -0.39 is 30.0 Å². The molecule has 0 fully saturated rings. The number of nitrogens with zero attached hydrogens (tertiary/aromatic N) is 1. The summed E-state index contributed by atoms with van der Waals surface area (Å²) in [4.78, 5) is 49.7. The highest BCUT2D eigenvalue weighted by Crippen LogP contribution is 2.29. The topological polar surface area (TPSA) is 99.2 Å². The van der Waals surface area contributed by atoms with Crippen LogP contribution in [-0.2, 0) is 23.8 Å². The molecule has 1 unspecified atom stereocenters. The number of esters is 2. The fourth-order valence-electron chi connectivity index (χ4n) is 2.67. The summed E-state index contributed by atoms with van der Waals surface area (Å²) >= 11 is 0. The van der Waals surface area contributed by atoms with Crippen molar-refractivity contribution in [3.8, 4) is 0 Å². The molecule has 0 bridgehead atoms. The van der Waals surface area contributed by atoms with Crippen molar-refractivity contribution in [1.29, 1.82) is 0 Å². The molecule has 2 aliphatic rings. The summed E-state index contributed by atoms with van der Waals surface area (Å²) in [5.74, 6) is -2.89. The van der Waals surface area contributed by atoms with E-state index in [1.165, 1.54) is 25.1 Å². The molecule has 0 spiro atoms. The van der Waals surface area contributed by atoms with Crippen molar-refractivity contribution >= 4 is 23.8 Å². The Hall–Kier alpha value is -3.42. The Labute approximate surface area is 148 Å². The average molecular weight is 357 g/mol. The van der Waals surface area contributed by atoms with Gasteiger partial charge in [-0.05, 0) is 26.0 Å². The highest BCUT2D eigenvalue weighted by Gasteiger charge is 2.42. The molecule has 8 nitrogen and oxygen atoms in total. The third-order valence-electron chi connectivity index (χ3n) is 3.95. The predicted octanol–water partition coefficient (Wildman–Crippen LogP) is 1.53. The second-order valence-electron chi connectivity index (χ2n) is 5.63. The van der Waals surface area contributed by atoms with E-state index in [9.17, 15) is 19.2 Å². The minimum atomic E-state index is -1.06. The molecular weight excluding hydrogens is 342 g/mol. The van der Waals surface area contributed by atoms with Crippen LogP contribution in [0.15, 0.2) is 47.4 Å². The normalized spacial score (nSPS) is 19.7. The maximum Gasteiger partial charge on any atom is 0.358 e. The van der Waals surface area contributed by atoms with Crippen LogP contribution in [0.4, 0.5) is 0 Å². The zero-order chi connectivity index (χ0) is 19.0. The van der Waals surface area contributed by atoms with Crippen LogP contribution in [0.2, 0.25) is 0 Å². The van der Waals surface area contributed by atoms with E-state index in [1.807, 2.05) is 0 Å². The number of ether oxygens (including phenoxy) is 3. The number of amides is 2. The summed E-state index contributed by atoms with van der Waals surface area (Å²) < 4.78 is 15.1. The predicted molar refractivity (Wildman–Crippen MR) is 86.4 cm³/mol. The number of carbonyl (C=O) groups excluding carboxylic acids is 4. The van der Waals surface area contributed by atoms with Gasteiger partial charge < -0.3 is 14.2 Å². The number of benzene rings is 1. The van der Waals surface area contributed by atoms with Crippen LogP contribution in [0.25, 0.3) is 0 Å². The Morgan fingerprint density at radius 3 is 2.15 bits per heavy atom. The summed E-state index contributed by atoms with van der Waals surface area (Å²) in [6, 6.07) is 6.21. The van der Waals surface area contributed by atoms with Gasteiger partial charge in [-0.15, -0.1) is 0 Å². The molecule has 2 aliphatic heterocycles. The molecule has 0 radical (unpaired) electrons. The number of allylic oxidation sites excluding steroid dienone is 1. The standard InChI is InChI=1S/C18H15NO7/c1-9-8-13(26-17(9)22)25-10(2)14(18(23)24-3)19-15(20)11-6-4-5-7-12(11)16(19)21/h4-8,13H,1-3H3. The number of imide groups is 1. The second-order valence-corrected chi connectivity index (χ2v) is 5.63. The first-order valence-corrected chi connectivity index (χ1v) is 7.68. The van der Waals surface area contributed by atoms with Gasteiger partial charge >= 0.3 is 11.9 Å². The van der Waals surface area contributed by atoms with E-state index in [-0.39, 0.29) is 22.6 Å². The Morgan fingerprint density at radius 2 is 1.69 bits per heavy atom. The fourth-order valence-corrected chi connectivity index (χ4v) is 2.67. The molecule has 3 rings (SSSR count).